The summed E-state index contributed by atoms with van der Waals surface area (Å²) < 4.78 is 5.49. The molecule has 3 N–H and O–H groups in total. The largest absolute Gasteiger partial charge is 0.466 e. The maximum absolute atomic E-state index is 12.5. The van der Waals surface area contributed by atoms with E-state index in [1.807, 2.05) is 0 Å². The van der Waals surface area contributed by atoms with E-state index < -0.39 is 12.1 Å². The number of unbranched alkanes of at least 4 members (excludes halogenated alkanes) is 47. The molecule has 0 aromatic rings. The molecule has 0 bridgehead atoms. The Balaban J connectivity index is 3.42. The molecule has 0 spiro atoms. The lowest BCUT2D eigenvalue weighted by molar-refractivity contribution is -0.143. The van der Waals surface area contributed by atoms with Crippen molar-refractivity contribution in [2.75, 3.05) is 13.2 Å². The van der Waals surface area contributed by atoms with E-state index in [0.717, 1.165) is 51.4 Å². The average molecular weight is 989 g/mol. The van der Waals surface area contributed by atoms with Crippen LogP contribution in [0.15, 0.2) is 12.2 Å². The van der Waals surface area contributed by atoms with Gasteiger partial charge in [0.1, 0.15) is 0 Å². The standard InChI is InChI=1S/C64H125NO5/c1-3-5-7-9-11-13-15-17-19-21-24-28-32-36-40-44-48-52-56-62(67)61(60-66)65-63(68)57-53-49-45-41-37-33-29-25-23-27-31-35-39-43-47-51-55-59-70-64(69)58-54-50-46-42-38-34-30-26-22-20-18-16-14-12-10-8-6-4-2/h23,27,61-62,66-67H,3-22,24-26,28-60H2,1-2H3,(H,65,68)/b27-23-. The number of aliphatic hydroxyl groups excluding tert-OH is 2. The van der Waals surface area contributed by atoms with E-state index in [-0.39, 0.29) is 18.5 Å². The van der Waals surface area contributed by atoms with Crippen LogP contribution in [0, 0.1) is 0 Å². The predicted molar refractivity (Wildman–Crippen MR) is 306 cm³/mol. The summed E-state index contributed by atoms with van der Waals surface area (Å²) in [5.41, 5.74) is 0. The number of aliphatic hydroxyl groups is 2. The molecule has 0 aromatic heterocycles. The highest BCUT2D eigenvalue weighted by atomic mass is 16.5. The Morgan fingerprint density at radius 3 is 1.01 bits per heavy atom. The summed E-state index contributed by atoms with van der Waals surface area (Å²) in [5.74, 6) is -0.0398. The topological polar surface area (TPSA) is 95.9 Å². The van der Waals surface area contributed by atoms with Crippen LogP contribution in [-0.4, -0.2) is 47.4 Å². The lowest BCUT2D eigenvalue weighted by Gasteiger charge is -2.22. The van der Waals surface area contributed by atoms with Crippen LogP contribution < -0.4 is 5.32 Å². The molecule has 70 heavy (non-hydrogen) atoms. The maximum Gasteiger partial charge on any atom is 0.305 e. The minimum absolute atomic E-state index is 0.00360. The fourth-order valence-electron chi connectivity index (χ4n) is 10.2. The zero-order valence-corrected chi connectivity index (χ0v) is 47.5. The number of hydrogen-bond acceptors (Lipinski definition) is 5. The van der Waals surface area contributed by atoms with Crippen molar-refractivity contribution >= 4 is 11.9 Å². The van der Waals surface area contributed by atoms with E-state index in [0.29, 0.717) is 25.9 Å². The minimum atomic E-state index is -0.672. The molecule has 0 aliphatic rings. The smallest absolute Gasteiger partial charge is 0.305 e. The van der Waals surface area contributed by atoms with Gasteiger partial charge in [0.15, 0.2) is 0 Å². The molecule has 6 nitrogen and oxygen atoms in total. The molecule has 0 radical (unpaired) electrons. The highest BCUT2D eigenvalue weighted by Gasteiger charge is 2.20. The van der Waals surface area contributed by atoms with E-state index in [2.05, 4.69) is 31.3 Å². The minimum Gasteiger partial charge on any atom is -0.466 e. The molecule has 416 valence electrons. The summed E-state index contributed by atoms with van der Waals surface area (Å²) in [6, 6.07) is -0.550. The van der Waals surface area contributed by atoms with Crippen LogP contribution in [0.4, 0.5) is 0 Å². The maximum atomic E-state index is 12.5. The second kappa shape index (κ2) is 60.2. The van der Waals surface area contributed by atoms with Crippen molar-refractivity contribution in [3.05, 3.63) is 12.2 Å². The Morgan fingerprint density at radius 2 is 0.671 bits per heavy atom. The normalized spacial score (nSPS) is 12.6. The van der Waals surface area contributed by atoms with Gasteiger partial charge in [0, 0.05) is 12.8 Å². The Bertz CT molecular complexity index is 1050. The van der Waals surface area contributed by atoms with Crippen LogP contribution in [0.3, 0.4) is 0 Å². The van der Waals surface area contributed by atoms with Gasteiger partial charge in [0.2, 0.25) is 5.91 Å². The number of amides is 1. The van der Waals surface area contributed by atoms with Crippen molar-refractivity contribution < 1.29 is 24.5 Å². The number of esters is 1. The van der Waals surface area contributed by atoms with Gasteiger partial charge in [-0.1, -0.05) is 309 Å². The number of carbonyl (C=O) groups is 2. The van der Waals surface area contributed by atoms with Crippen LogP contribution >= 0.6 is 0 Å². The van der Waals surface area contributed by atoms with E-state index in [4.69, 9.17) is 4.74 Å². The first-order valence-electron chi connectivity index (χ1n) is 31.9. The average Bonchev–Trinajstić information content (AvgIpc) is 3.36. The second-order valence-electron chi connectivity index (χ2n) is 22.1. The monoisotopic (exact) mass is 988 g/mol. The summed E-state index contributed by atoms with van der Waals surface area (Å²) in [5, 5.41) is 23.3. The van der Waals surface area contributed by atoms with Crippen molar-refractivity contribution in [2.45, 2.75) is 373 Å². The van der Waals surface area contributed by atoms with Crippen molar-refractivity contribution in [3.8, 4) is 0 Å². The number of carbonyl (C=O) groups excluding carboxylic acids is 2. The lowest BCUT2D eigenvalue weighted by Crippen LogP contribution is -2.45. The molecule has 2 atom stereocenters. The predicted octanol–water partition coefficient (Wildman–Crippen LogP) is 20.0. The first-order chi connectivity index (χ1) is 34.5. The SMILES string of the molecule is CCCCCCCCCCCCCCCCCCCCC(=O)OCCCCCCCC/C=C\CCCCCCCCCC(=O)NC(CO)C(O)CCCCCCCCCCCCCCCCCCCC. The third-order valence-electron chi connectivity index (χ3n) is 15.1. The molecule has 0 heterocycles. The van der Waals surface area contributed by atoms with E-state index in [9.17, 15) is 19.8 Å². The molecule has 0 rings (SSSR count). The molecular weight excluding hydrogens is 863 g/mol. The molecule has 0 saturated heterocycles. The molecule has 0 aliphatic heterocycles. The zero-order chi connectivity index (χ0) is 50.7. The van der Waals surface area contributed by atoms with Gasteiger partial charge in [-0.25, -0.2) is 0 Å². The molecule has 6 heteroatoms. The van der Waals surface area contributed by atoms with Gasteiger partial charge in [-0.15, -0.1) is 0 Å². The van der Waals surface area contributed by atoms with E-state index in [1.54, 1.807) is 0 Å². The van der Waals surface area contributed by atoms with Crippen molar-refractivity contribution in [1.82, 2.24) is 5.32 Å². The van der Waals surface area contributed by atoms with Crippen LogP contribution in [0.2, 0.25) is 0 Å². The van der Waals surface area contributed by atoms with Gasteiger partial charge in [0.05, 0.1) is 25.4 Å². The van der Waals surface area contributed by atoms with Crippen LogP contribution in [-0.2, 0) is 14.3 Å². The lowest BCUT2D eigenvalue weighted by atomic mass is 10.0. The number of ether oxygens (including phenoxy) is 1. The molecule has 1 amide bonds. The Kier molecular flexibility index (Phi) is 59.0. The summed E-state index contributed by atoms with van der Waals surface area (Å²) >= 11 is 0. The summed E-state index contributed by atoms with van der Waals surface area (Å²) in [7, 11) is 0. The van der Waals surface area contributed by atoms with Gasteiger partial charge >= 0.3 is 5.97 Å². The highest BCUT2D eigenvalue weighted by Crippen LogP contribution is 2.18. The van der Waals surface area contributed by atoms with E-state index in [1.165, 1.54) is 276 Å². The summed E-state index contributed by atoms with van der Waals surface area (Å²) in [6.07, 6.45) is 72.2. The van der Waals surface area contributed by atoms with E-state index >= 15 is 0 Å². The quantitative estimate of drug-likeness (QED) is 0.0321. The summed E-state index contributed by atoms with van der Waals surface area (Å²) in [4.78, 5) is 24.6. The third kappa shape index (κ3) is 55.9. The van der Waals surface area contributed by atoms with Gasteiger partial charge in [-0.3, -0.25) is 9.59 Å². The van der Waals surface area contributed by atoms with Gasteiger partial charge in [0.25, 0.3) is 0 Å². The number of allylic oxidation sites excluding steroid dienone is 2. The fourth-order valence-corrected chi connectivity index (χ4v) is 10.2. The van der Waals surface area contributed by atoms with Crippen LogP contribution in [0.5, 0.6) is 0 Å². The Morgan fingerprint density at radius 1 is 0.386 bits per heavy atom. The molecule has 0 saturated carbocycles. The number of hydrogen-bond donors (Lipinski definition) is 3. The van der Waals surface area contributed by atoms with Crippen LogP contribution in [0.1, 0.15) is 361 Å². The first-order valence-corrected chi connectivity index (χ1v) is 31.9. The van der Waals surface area contributed by atoms with Crippen molar-refractivity contribution in [2.24, 2.45) is 0 Å². The molecule has 0 aromatic carbocycles. The van der Waals surface area contributed by atoms with Crippen molar-refractivity contribution in [3.63, 3.8) is 0 Å². The number of nitrogens with one attached hydrogen (secondary N) is 1. The zero-order valence-electron chi connectivity index (χ0n) is 47.5. The fraction of sp³-hybridized carbons (Fsp3) is 0.938. The summed E-state index contributed by atoms with van der Waals surface area (Å²) in [6.45, 7) is 4.97. The number of rotatable bonds is 60. The molecular formula is C64H125NO5. The third-order valence-corrected chi connectivity index (χ3v) is 15.1. The Labute approximate surface area is 438 Å². The Hall–Kier alpha value is -1.40. The molecule has 0 aliphatic carbocycles. The van der Waals surface area contributed by atoms with Gasteiger partial charge < -0.3 is 20.3 Å². The van der Waals surface area contributed by atoms with Crippen LogP contribution in [0.25, 0.3) is 0 Å². The first kappa shape index (κ1) is 68.6. The second-order valence-corrected chi connectivity index (χ2v) is 22.1. The molecule has 2 unspecified atom stereocenters. The van der Waals surface area contributed by atoms with Gasteiger partial charge in [-0.05, 0) is 51.4 Å². The van der Waals surface area contributed by atoms with Crippen molar-refractivity contribution in [1.29, 1.82) is 0 Å². The van der Waals surface area contributed by atoms with Gasteiger partial charge in [-0.2, -0.15) is 0 Å². The highest BCUT2D eigenvalue weighted by molar-refractivity contribution is 5.76. The molecule has 0 fully saturated rings.